The van der Waals surface area contributed by atoms with Gasteiger partial charge in [-0.25, -0.2) is 4.79 Å². The molecule has 0 spiro atoms. The van der Waals surface area contributed by atoms with E-state index in [0.717, 1.165) is 9.13 Å². The van der Waals surface area contributed by atoms with Gasteiger partial charge >= 0.3 is 5.97 Å². The van der Waals surface area contributed by atoms with E-state index in [1.807, 2.05) is 24.3 Å². The van der Waals surface area contributed by atoms with Gasteiger partial charge in [-0.3, -0.25) is 4.79 Å². The largest absolute Gasteiger partial charge is 0.460 e. The molecular formula is C12H13IO3. The molecule has 1 aromatic rings. The quantitative estimate of drug-likeness (QED) is 0.472. The molecule has 0 amide bonds. The Morgan fingerprint density at radius 2 is 1.88 bits per heavy atom. The van der Waals surface area contributed by atoms with E-state index < -0.39 is 11.8 Å². The second-order valence-electron chi connectivity index (χ2n) is 3.27. The molecule has 0 aromatic heterocycles. The van der Waals surface area contributed by atoms with Crippen molar-refractivity contribution < 1.29 is 14.3 Å². The first-order chi connectivity index (χ1) is 7.63. The lowest BCUT2D eigenvalue weighted by atomic mass is 10.1. The molecule has 0 aliphatic heterocycles. The standard InChI is InChI=1S/C12H13IO3/c1-2-16-12(15)11(14)8-5-9-3-6-10(13)7-4-9/h3-4,6-7H,2,5,8H2,1H3. The first kappa shape index (κ1) is 13.2. The molecule has 0 heterocycles. The normalized spacial score (nSPS) is 9.88. The van der Waals surface area contributed by atoms with Gasteiger partial charge in [0.05, 0.1) is 6.61 Å². The number of ketones is 1. The van der Waals surface area contributed by atoms with Crippen molar-refractivity contribution in [3.05, 3.63) is 33.4 Å². The van der Waals surface area contributed by atoms with Crippen LogP contribution in [0.3, 0.4) is 0 Å². The number of Topliss-reactive ketones (excluding diaryl/α,β-unsaturated/α-hetero) is 1. The maximum atomic E-state index is 11.3. The lowest BCUT2D eigenvalue weighted by Crippen LogP contribution is -2.17. The lowest BCUT2D eigenvalue weighted by molar-refractivity contribution is -0.153. The lowest BCUT2D eigenvalue weighted by Gasteiger charge is -2.01. The molecule has 1 aromatic carbocycles. The highest BCUT2D eigenvalue weighted by Gasteiger charge is 2.13. The molecule has 0 aliphatic rings. The molecule has 0 radical (unpaired) electrons. The van der Waals surface area contributed by atoms with E-state index in [4.69, 9.17) is 0 Å². The van der Waals surface area contributed by atoms with Crippen molar-refractivity contribution in [2.24, 2.45) is 0 Å². The van der Waals surface area contributed by atoms with Crippen LogP contribution in [0.5, 0.6) is 0 Å². The number of halogens is 1. The second-order valence-corrected chi connectivity index (χ2v) is 4.52. The summed E-state index contributed by atoms with van der Waals surface area (Å²) in [6, 6.07) is 7.87. The van der Waals surface area contributed by atoms with E-state index in [0.29, 0.717) is 6.42 Å². The van der Waals surface area contributed by atoms with Crippen molar-refractivity contribution in [3.63, 3.8) is 0 Å². The van der Waals surface area contributed by atoms with E-state index >= 15 is 0 Å². The SMILES string of the molecule is CCOC(=O)C(=O)CCc1ccc(I)cc1. The van der Waals surface area contributed by atoms with Crippen LogP contribution in [0.2, 0.25) is 0 Å². The van der Waals surface area contributed by atoms with Gasteiger partial charge in [-0.15, -0.1) is 0 Å². The number of rotatable bonds is 5. The Morgan fingerprint density at radius 1 is 1.25 bits per heavy atom. The summed E-state index contributed by atoms with van der Waals surface area (Å²) in [5.41, 5.74) is 1.05. The van der Waals surface area contributed by atoms with E-state index in [2.05, 4.69) is 27.3 Å². The molecule has 86 valence electrons. The van der Waals surface area contributed by atoms with E-state index in [1.165, 1.54) is 0 Å². The van der Waals surface area contributed by atoms with Crippen LogP contribution in [0, 0.1) is 3.57 Å². The summed E-state index contributed by atoms with van der Waals surface area (Å²) in [5.74, 6) is -1.19. The average Bonchev–Trinajstić information content (AvgIpc) is 2.28. The Hall–Kier alpha value is -0.910. The molecule has 0 fully saturated rings. The molecule has 3 nitrogen and oxygen atoms in total. The molecule has 0 saturated heterocycles. The summed E-state index contributed by atoms with van der Waals surface area (Å²) in [6.45, 7) is 1.93. The molecule has 0 aliphatic carbocycles. The molecule has 0 bridgehead atoms. The van der Waals surface area contributed by atoms with Crippen molar-refractivity contribution in [2.45, 2.75) is 19.8 Å². The van der Waals surface area contributed by atoms with Gasteiger partial charge in [0.1, 0.15) is 0 Å². The van der Waals surface area contributed by atoms with Crippen LogP contribution in [0.1, 0.15) is 18.9 Å². The third-order valence-electron chi connectivity index (χ3n) is 2.06. The van der Waals surface area contributed by atoms with Crippen molar-refractivity contribution in [1.82, 2.24) is 0 Å². The molecule has 0 atom stereocenters. The topological polar surface area (TPSA) is 43.4 Å². The fourth-order valence-corrected chi connectivity index (χ4v) is 1.58. The van der Waals surface area contributed by atoms with E-state index in [-0.39, 0.29) is 13.0 Å². The highest BCUT2D eigenvalue weighted by molar-refractivity contribution is 14.1. The van der Waals surface area contributed by atoms with Crippen LogP contribution < -0.4 is 0 Å². The molecule has 0 N–H and O–H groups in total. The summed E-state index contributed by atoms with van der Waals surface area (Å²) >= 11 is 2.22. The minimum absolute atomic E-state index is 0.208. The van der Waals surface area contributed by atoms with Gasteiger partial charge in [0, 0.05) is 9.99 Å². The van der Waals surface area contributed by atoms with Gasteiger partial charge in [0.2, 0.25) is 5.78 Å². The summed E-state index contributed by atoms with van der Waals surface area (Å²) in [5, 5.41) is 0. The second kappa shape index (κ2) is 6.62. The number of hydrogen-bond acceptors (Lipinski definition) is 3. The van der Waals surface area contributed by atoms with Gasteiger partial charge < -0.3 is 4.74 Å². The van der Waals surface area contributed by atoms with Crippen LogP contribution in [0.4, 0.5) is 0 Å². The smallest absolute Gasteiger partial charge is 0.374 e. The van der Waals surface area contributed by atoms with Crippen molar-refractivity contribution in [2.75, 3.05) is 6.61 Å². The first-order valence-corrected chi connectivity index (χ1v) is 6.15. The maximum Gasteiger partial charge on any atom is 0.374 e. The fourth-order valence-electron chi connectivity index (χ4n) is 1.22. The van der Waals surface area contributed by atoms with Gasteiger partial charge in [0.15, 0.2) is 0 Å². The van der Waals surface area contributed by atoms with Crippen molar-refractivity contribution in [1.29, 1.82) is 0 Å². The molecule has 4 heteroatoms. The maximum absolute atomic E-state index is 11.3. The Morgan fingerprint density at radius 3 is 2.44 bits per heavy atom. The third kappa shape index (κ3) is 4.30. The number of benzene rings is 1. The Labute approximate surface area is 108 Å². The van der Waals surface area contributed by atoms with Gasteiger partial charge in [-0.1, -0.05) is 12.1 Å². The first-order valence-electron chi connectivity index (χ1n) is 5.08. The highest BCUT2D eigenvalue weighted by Crippen LogP contribution is 2.08. The number of ether oxygens (including phenoxy) is 1. The van der Waals surface area contributed by atoms with Crippen LogP contribution >= 0.6 is 22.6 Å². The fraction of sp³-hybridized carbons (Fsp3) is 0.333. The number of carbonyl (C=O) groups excluding carboxylic acids is 2. The predicted molar refractivity (Wildman–Crippen MR) is 69.1 cm³/mol. The Bertz CT molecular complexity index is 370. The number of hydrogen-bond donors (Lipinski definition) is 0. The molecular weight excluding hydrogens is 319 g/mol. The summed E-state index contributed by atoms with van der Waals surface area (Å²) in [4.78, 5) is 22.3. The molecule has 0 saturated carbocycles. The number of carbonyl (C=O) groups is 2. The van der Waals surface area contributed by atoms with Gasteiger partial charge in [-0.2, -0.15) is 0 Å². The average molecular weight is 332 g/mol. The van der Waals surface area contributed by atoms with Crippen LogP contribution in [-0.4, -0.2) is 18.4 Å². The summed E-state index contributed by atoms with van der Waals surface area (Å²) in [7, 11) is 0. The van der Waals surface area contributed by atoms with Gasteiger partial charge in [0.25, 0.3) is 0 Å². The number of esters is 1. The molecule has 1 rings (SSSR count). The molecule has 16 heavy (non-hydrogen) atoms. The minimum atomic E-state index is -0.729. The zero-order valence-electron chi connectivity index (χ0n) is 9.03. The predicted octanol–water partition coefficient (Wildman–Crippen LogP) is 2.36. The van der Waals surface area contributed by atoms with Crippen molar-refractivity contribution in [3.8, 4) is 0 Å². The Kier molecular flexibility index (Phi) is 5.45. The van der Waals surface area contributed by atoms with E-state index in [9.17, 15) is 9.59 Å². The summed E-state index contributed by atoms with van der Waals surface area (Å²) < 4.78 is 5.77. The van der Waals surface area contributed by atoms with Crippen LogP contribution in [-0.2, 0) is 20.7 Å². The van der Waals surface area contributed by atoms with E-state index in [1.54, 1.807) is 6.92 Å². The van der Waals surface area contributed by atoms with Crippen molar-refractivity contribution >= 4 is 34.3 Å². The highest BCUT2D eigenvalue weighted by atomic mass is 127. The zero-order valence-corrected chi connectivity index (χ0v) is 11.2. The Balaban J connectivity index is 2.42. The zero-order chi connectivity index (χ0) is 12.0. The number of aryl methyl sites for hydroxylation is 1. The molecule has 0 unspecified atom stereocenters. The summed E-state index contributed by atoms with van der Waals surface area (Å²) in [6.07, 6.45) is 0.786. The van der Waals surface area contributed by atoms with Gasteiger partial charge in [-0.05, 0) is 53.6 Å². The van der Waals surface area contributed by atoms with Crippen LogP contribution in [0.15, 0.2) is 24.3 Å². The minimum Gasteiger partial charge on any atom is -0.460 e. The van der Waals surface area contributed by atoms with Crippen LogP contribution in [0.25, 0.3) is 0 Å². The monoisotopic (exact) mass is 332 g/mol. The third-order valence-corrected chi connectivity index (χ3v) is 2.78.